The van der Waals surface area contributed by atoms with Crippen molar-refractivity contribution in [3.05, 3.63) is 18.2 Å². The minimum absolute atomic E-state index is 0.0672. The lowest BCUT2D eigenvalue weighted by atomic mass is 10.2. The van der Waals surface area contributed by atoms with Crippen LogP contribution in [0.2, 0.25) is 0 Å². The van der Waals surface area contributed by atoms with E-state index in [9.17, 15) is 0 Å². The van der Waals surface area contributed by atoms with Gasteiger partial charge in [-0.3, -0.25) is 0 Å². The van der Waals surface area contributed by atoms with Gasteiger partial charge in [0.05, 0.1) is 24.2 Å². The average Bonchev–Trinajstić information content (AvgIpc) is 2.63. The summed E-state index contributed by atoms with van der Waals surface area (Å²) in [5, 5.41) is 3.39. The number of ether oxygens (including phenoxy) is 1. The Morgan fingerprint density at radius 1 is 1.39 bits per heavy atom. The Morgan fingerprint density at radius 2 is 2.11 bits per heavy atom. The largest absolute Gasteiger partial charge is 0.374 e. The zero-order valence-corrected chi connectivity index (χ0v) is 12.4. The van der Waals surface area contributed by atoms with E-state index < -0.39 is 0 Å². The SMILES string of the molecule is CC(C)CNCc1cn(CCOC(C)(C)C)cn1. The third-order valence-electron chi connectivity index (χ3n) is 2.43. The van der Waals surface area contributed by atoms with Crippen LogP contribution in [0.5, 0.6) is 0 Å². The molecule has 0 aliphatic heterocycles. The average molecular weight is 253 g/mol. The van der Waals surface area contributed by atoms with Gasteiger partial charge in [-0.25, -0.2) is 4.98 Å². The quantitative estimate of drug-likeness (QED) is 0.811. The molecule has 0 bridgehead atoms. The molecule has 0 amide bonds. The van der Waals surface area contributed by atoms with Crippen LogP contribution in [0.15, 0.2) is 12.5 Å². The Labute approximate surface area is 111 Å². The zero-order valence-electron chi connectivity index (χ0n) is 12.4. The molecule has 0 aromatic carbocycles. The van der Waals surface area contributed by atoms with Crippen molar-refractivity contribution in [2.24, 2.45) is 5.92 Å². The molecule has 104 valence electrons. The van der Waals surface area contributed by atoms with Gasteiger partial charge in [-0.1, -0.05) is 13.8 Å². The first-order valence-electron chi connectivity index (χ1n) is 6.72. The molecule has 0 saturated heterocycles. The monoisotopic (exact) mass is 253 g/mol. The first-order chi connectivity index (χ1) is 8.37. The maximum Gasteiger partial charge on any atom is 0.0950 e. The summed E-state index contributed by atoms with van der Waals surface area (Å²) in [6.45, 7) is 14.1. The molecule has 4 heteroatoms. The van der Waals surface area contributed by atoms with Crippen LogP contribution in [-0.4, -0.2) is 28.3 Å². The predicted octanol–water partition coefficient (Wildman–Crippen LogP) is 2.44. The van der Waals surface area contributed by atoms with Crippen molar-refractivity contribution in [2.45, 2.75) is 53.3 Å². The van der Waals surface area contributed by atoms with Gasteiger partial charge in [0.2, 0.25) is 0 Å². The Hall–Kier alpha value is -0.870. The summed E-state index contributed by atoms with van der Waals surface area (Å²) in [4.78, 5) is 4.37. The number of nitrogens with one attached hydrogen (secondary N) is 1. The van der Waals surface area contributed by atoms with Crippen LogP contribution in [0.1, 0.15) is 40.3 Å². The lowest BCUT2D eigenvalue weighted by Crippen LogP contribution is -2.21. The molecule has 0 unspecified atom stereocenters. The fraction of sp³-hybridized carbons (Fsp3) is 0.786. The van der Waals surface area contributed by atoms with Gasteiger partial charge in [-0.05, 0) is 33.2 Å². The molecule has 0 saturated carbocycles. The predicted molar refractivity (Wildman–Crippen MR) is 74.5 cm³/mol. The molecule has 1 heterocycles. The number of imidazole rings is 1. The summed E-state index contributed by atoms with van der Waals surface area (Å²) in [5.41, 5.74) is 1.02. The van der Waals surface area contributed by atoms with Crippen molar-refractivity contribution in [1.82, 2.24) is 14.9 Å². The second-order valence-electron chi connectivity index (χ2n) is 6.09. The van der Waals surface area contributed by atoms with E-state index >= 15 is 0 Å². The molecule has 1 aromatic rings. The summed E-state index contributed by atoms with van der Waals surface area (Å²) >= 11 is 0. The van der Waals surface area contributed by atoms with E-state index in [1.54, 1.807) is 0 Å². The molecule has 0 fully saturated rings. The molecule has 0 radical (unpaired) electrons. The van der Waals surface area contributed by atoms with Gasteiger partial charge >= 0.3 is 0 Å². The third kappa shape index (κ3) is 6.77. The minimum Gasteiger partial charge on any atom is -0.374 e. The Morgan fingerprint density at radius 3 is 2.72 bits per heavy atom. The standard InChI is InChI=1S/C14H27N3O/c1-12(2)8-15-9-13-10-17(11-16-13)6-7-18-14(3,4)5/h10-12,15H,6-9H2,1-5H3. The van der Waals surface area contributed by atoms with Gasteiger partial charge in [0.25, 0.3) is 0 Å². The molecule has 0 atom stereocenters. The second-order valence-corrected chi connectivity index (χ2v) is 6.09. The van der Waals surface area contributed by atoms with Crippen LogP contribution in [0.4, 0.5) is 0 Å². The fourth-order valence-electron chi connectivity index (χ4n) is 1.57. The molecule has 18 heavy (non-hydrogen) atoms. The molecular formula is C14H27N3O. The summed E-state index contributed by atoms with van der Waals surface area (Å²) in [6.07, 6.45) is 3.96. The lowest BCUT2D eigenvalue weighted by Gasteiger charge is -2.19. The highest BCUT2D eigenvalue weighted by atomic mass is 16.5. The molecule has 1 N–H and O–H groups in total. The van der Waals surface area contributed by atoms with Crippen LogP contribution >= 0.6 is 0 Å². The topological polar surface area (TPSA) is 39.1 Å². The number of rotatable bonds is 7. The van der Waals surface area contributed by atoms with E-state index in [2.05, 4.69) is 55.7 Å². The molecular weight excluding hydrogens is 226 g/mol. The number of hydrogen-bond acceptors (Lipinski definition) is 3. The number of aromatic nitrogens is 2. The zero-order chi connectivity index (χ0) is 13.6. The molecule has 0 aliphatic carbocycles. The van der Waals surface area contributed by atoms with Gasteiger partial charge in [0.15, 0.2) is 0 Å². The summed E-state index contributed by atoms with van der Waals surface area (Å²) in [6, 6.07) is 0. The summed E-state index contributed by atoms with van der Waals surface area (Å²) < 4.78 is 7.77. The molecule has 1 aromatic heterocycles. The van der Waals surface area contributed by atoms with Crippen LogP contribution in [-0.2, 0) is 17.8 Å². The van der Waals surface area contributed by atoms with E-state index in [1.165, 1.54) is 0 Å². The van der Waals surface area contributed by atoms with Gasteiger partial charge < -0.3 is 14.6 Å². The highest BCUT2D eigenvalue weighted by molar-refractivity contribution is 4.96. The van der Waals surface area contributed by atoms with Crippen LogP contribution in [0.25, 0.3) is 0 Å². The number of hydrogen-bond donors (Lipinski definition) is 1. The number of nitrogens with zero attached hydrogens (tertiary/aromatic N) is 2. The van der Waals surface area contributed by atoms with Crippen molar-refractivity contribution in [3.8, 4) is 0 Å². The highest BCUT2D eigenvalue weighted by Gasteiger charge is 2.09. The molecule has 1 rings (SSSR count). The van der Waals surface area contributed by atoms with Crippen molar-refractivity contribution < 1.29 is 4.74 Å². The van der Waals surface area contributed by atoms with Crippen molar-refractivity contribution in [2.75, 3.05) is 13.2 Å². The van der Waals surface area contributed by atoms with Gasteiger partial charge in [0.1, 0.15) is 0 Å². The maximum atomic E-state index is 5.69. The van der Waals surface area contributed by atoms with E-state index in [0.29, 0.717) is 5.92 Å². The minimum atomic E-state index is -0.0672. The van der Waals surface area contributed by atoms with Crippen LogP contribution < -0.4 is 5.32 Å². The first kappa shape index (κ1) is 15.2. The van der Waals surface area contributed by atoms with Gasteiger partial charge in [0, 0.05) is 19.3 Å². The normalized spacial score (nSPS) is 12.3. The van der Waals surface area contributed by atoms with Crippen molar-refractivity contribution >= 4 is 0 Å². The fourth-order valence-corrected chi connectivity index (χ4v) is 1.57. The molecule has 0 spiro atoms. The Bertz CT molecular complexity index is 339. The highest BCUT2D eigenvalue weighted by Crippen LogP contribution is 2.06. The van der Waals surface area contributed by atoms with Crippen molar-refractivity contribution in [3.63, 3.8) is 0 Å². The third-order valence-corrected chi connectivity index (χ3v) is 2.43. The molecule has 4 nitrogen and oxygen atoms in total. The Balaban J connectivity index is 2.26. The molecule has 0 aliphatic rings. The van der Waals surface area contributed by atoms with Crippen LogP contribution in [0.3, 0.4) is 0 Å². The maximum absolute atomic E-state index is 5.69. The lowest BCUT2D eigenvalue weighted by molar-refractivity contribution is -0.00683. The van der Waals surface area contributed by atoms with E-state index in [4.69, 9.17) is 4.74 Å². The van der Waals surface area contributed by atoms with Crippen molar-refractivity contribution in [1.29, 1.82) is 0 Å². The van der Waals surface area contributed by atoms with E-state index in [1.807, 2.05) is 6.33 Å². The van der Waals surface area contributed by atoms with Crippen LogP contribution in [0, 0.1) is 5.92 Å². The van der Waals surface area contributed by atoms with Gasteiger partial charge in [-0.15, -0.1) is 0 Å². The van der Waals surface area contributed by atoms with E-state index in [0.717, 1.165) is 31.9 Å². The smallest absolute Gasteiger partial charge is 0.0950 e. The second kappa shape index (κ2) is 6.90. The summed E-state index contributed by atoms with van der Waals surface area (Å²) in [5.74, 6) is 0.673. The van der Waals surface area contributed by atoms with Gasteiger partial charge in [-0.2, -0.15) is 0 Å². The van der Waals surface area contributed by atoms with E-state index in [-0.39, 0.29) is 5.60 Å². The Kier molecular flexibility index (Phi) is 5.82. The summed E-state index contributed by atoms with van der Waals surface area (Å²) in [7, 11) is 0. The first-order valence-corrected chi connectivity index (χ1v) is 6.72.